The van der Waals surface area contributed by atoms with Crippen molar-refractivity contribution < 1.29 is 14.7 Å². The van der Waals surface area contributed by atoms with Crippen molar-refractivity contribution in [3.8, 4) is 0 Å². The first-order valence-corrected chi connectivity index (χ1v) is 6.40. The largest absolute Gasteiger partial charge is 0.480 e. The number of carboxylic acids is 1. The quantitative estimate of drug-likeness (QED) is 0.848. The third-order valence-electron chi connectivity index (χ3n) is 3.65. The molecule has 19 heavy (non-hydrogen) atoms. The van der Waals surface area contributed by atoms with E-state index < -0.39 is 12.0 Å². The first-order valence-electron chi connectivity index (χ1n) is 6.40. The Morgan fingerprint density at radius 1 is 1.21 bits per heavy atom. The van der Waals surface area contributed by atoms with Crippen LogP contribution in [-0.2, 0) is 9.59 Å². The predicted molar refractivity (Wildman–Crippen MR) is 70.3 cm³/mol. The molecule has 0 bridgehead atoms. The Bertz CT molecular complexity index is 453. The second kappa shape index (κ2) is 5.84. The molecule has 3 N–H and O–H groups in total. The number of hydrogen-bond acceptors (Lipinski definition) is 3. The molecule has 1 saturated heterocycles. The maximum Gasteiger partial charge on any atom is 0.325 e. The van der Waals surface area contributed by atoms with Gasteiger partial charge in [0.25, 0.3) is 0 Å². The van der Waals surface area contributed by atoms with Crippen LogP contribution in [0, 0.1) is 5.92 Å². The summed E-state index contributed by atoms with van der Waals surface area (Å²) < 4.78 is 0. The summed E-state index contributed by atoms with van der Waals surface area (Å²) in [6.45, 7) is 1.17. The van der Waals surface area contributed by atoms with Crippen LogP contribution >= 0.6 is 0 Å². The fraction of sp³-hybridized carbons (Fsp3) is 0.429. The number of primary amides is 1. The number of carbonyl (C=O) groups excluding carboxylic acids is 1. The summed E-state index contributed by atoms with van der Waals surface area (Å²) in [5, 5.41) is 9.42. The van der Waals surface area contributed by atoms with Gasteiger partial charge >= 0.3 is 5.97 Å². The van der Waals surface area contributed by atoms with Crippen molar-refractivity contribution in [2.45, 2.75) is 18.9 Å². The monoisotopic (exact) mass is 262 g/mol. The molecule has 0 spiro atoms. The summed E-state index contributed by atoms with van der Waals surface area (Å²) in [5.41, 5.74) is 6.06. The van der Waals surface area contributed by atoms with Crippen molar-refractivity contribution in [3.63, 3.8) is 0 Å². The van der Waals surface area contributed by atoms with E-state index in [1.54, 1.807) is 0 Å². The second-order valence-corrected chi connectivity index (χ2v) is 4.86. The Morgan fingerprint density at radius 2 is 1.79 bits per heavy atom. The molecular weight excluding hydrogens is 244 g/mol. The van der Waals surface area contributed by atoms with E-state index in [2.05, 4.69) is 0 Å². The third-order valence-corrected chi connectivity index (χ3v) is 3.65. The summed E-state index contributed by atoms with van der Waals surface area (Å²) in [4.78, 5) is 24.5. The van der Waals surface area contributed by atoms with Crippen LogP contribution in [0.2, 0.25) is 0 Å². The minimum atomic E-state index is -0.858. The summed E-state index contributed by atoms with van der Waals surface area (Å²) in [5.74, 6) is -1.27. The van der Waals surface area contributed by atoms with Crippen LogP contribution in [0.4, 0.5) is 0 Å². The normalized spacial score (nSPS) is 18.9. The second-order valence-electron chi connectivity index (χ2n) is 4.86. The molecule has 1 aromatic carbocycles. The molecule has 102 valence electrons. The van der Waals surface area contributed by atoms with Crippen LogP contribution in [0.5, 0.6) is 0 Å². The lowest BCUT2D eigenvalue weighted by molar-refractivity contribution is -0.144. The molecule has 0 saturated carbocycles. The zero-order valence-electron chi connectivity index (χ0n) is 10.7. The van der Waals surface area contributed by atoms with E-state index in [0.717, 1.165) is 5.56 Å². The summed E-state index contributed by atoms with van der Waals surface area (Å²) >= 11 is 0. The summed E-state index contributed by atoms with van der Waals surface area (Å²) in [6.07, 6.45) is 1.26. The number of hydrogen-bond donors (Lipinski definition) is 2. The topological polar surface area (TPSA) is 83.6 Å². The molecule has 0 unspecified atom stereocenters. The zero-order chi connectivity index (χ0) is 13.8. The highest BCUT2D eigenvalue weighted by atomic mass is 16.4. The van der Waals surface area contributed by atoms with Gasteiger partial charge in [-0.05, 0) is 18.4 Å². The van der Waals surface area contributed by atoms with Gasteiger partial charge < -0.3 is 10.8 Å². The number of nitrogens with two attached hydrogens (primary N) is 1. The van der Waals surface area contributed by atoms with Crippen LogP contribution in [-0.4, -0.2) is 35.0 Å². The van der Waals surface area contributed by atoms with E-state index in [0.29, 0.717) is 25.9 Å². The van der Waals surface area contributed by atoms with Crippen molar-refractivity contribution in [3.05, 3.63) is 35.9 Å². The molecule has 1 amide bonds. The van der Waals surface area contributed by atoms with E-state index in [1.807, 2.05) is 35.2 Å². The maximum absolute atomic E-state index is 11.5. The lowest BCUT2D eigenvalue weighted by atomic mass is 9.94. The van der Waals surface area contributed by atoms with Gasteiger partial charge in [-0.3, -0.25) is 14.5 Å². The van der Waals surface area contributed by atoms with Crippen molar-refractivity contribution in [2.24, 2.45) is 11.7 Å². The van der Waals surface area contributed by atoms with Crippen molar-refractivity contribution in [1.29, 1.82) is 0 Å². The maximum atomic E-state index is 11.5. The van der Waals surface area contributed by atoms with Gasteiger partial charge in [0.05, 0.1) is 0 Å². The van der Waals surface area contributed by atoms with Crippen molar-refractivity contribution in [2.75, 3.05) is 13.1 Å². The minimum absolute atomic E-state index is 0.124. The Morgan fingerprint density at radius 3 is 2.26 bits per heavy atom. The Labute approximate surface area is 112 Å². The lowest BCUT2D eigenvalue weighted by Gasteiger charge is -2.34. The average molecular weight is 262 g/mol. The highest BCUT2D eigenvalue weighted by molar-refractivity contribution is 5.77. The fourth-order valence-corrected chi connectivity index (χ4v) is 2.59. The number of carboxylic acid groups (broad SMARTS) is 1. The Balaban J connectivity index is 2.10. The molecule has 0 aliphatic carbocycles. The van der Waals surface area contributed by atoms with Gasteiger partial charge in [0.1, 0.15) is 6.04 Å². The Kier molecular flexibility index (Phi) is 4.16. The molecular formula is C14H18N2O3. The van der Waals surface area contributed by atoms with E-state index in [-0.39, 0.29) is 11.8 Å². The number of carbonyl (C=O) groups is 2. The van der Waals surface area contributed by atoms with Gasteiger partial charge in [0.15, 0.2) is 0 Å². The number of rotatable bonds is 4. The van der Waals surface area contributed by atoms with Gasteiger partial charge in [-0.25, -0.2) is 0 Å². The standard InChI is InChI=1S/C14H18N2O3/c15-13(17)11-6-8-16(9-7-11)12(14(18)19)10-4-2-1-3-5-10/h1-5,11-12H,6-9H2,(H2,15,17)(H,18,19)/t12-/m1/s1. The first-order chi connectivity index (χ1) is 9.09. The van der Waals surface area contributed by atoms with Crippen LogP contribution in [0.3, 0.4) is 0 Å². The zero-order valence-corrected chi connectivity index (χ0v) is 10.7. The number of piperidine rings is 1. The number of likely N-dealkylation sites (tertiary alicyclic amines) is 1. The summed E-state index contributed by atoms with van der Waals surface area (Å²) in [6, 6.07) is 8.53. The highest BCUT2D eigenvalue weighted by Crippen LogP contribution is 2.27. The molecule has 0 aromatic heterocycles. The van der Waals surface area contributed by atoms with Crippen LogP contribution < -0.4 is 5.73 Å². The average Bonchev–Trinajstić information content (AvgIpc) is 2.40. The van der Waals surface area contributed by atoms with Gasteiger partial charge in [0.2, 0.25) is 5.91 Å². The SMILES string of the molecule is NC(=O)C1CCN([C@@H](C(=O)O)c2ccccc2)CC1. The van der Waals surface area contributed by atoms with Gasteiger partial charge in [-0.1, -0.05) is 30.3 Å². The van der Waals surface area contributed by atoms with E-state index in [4.69, 9.17) is 5.73 Å². The van der Waals surface area contributed by atoms with E-state index in [1.165, 1.54) is 0 Å². The molecule has 1 atom stereocenters. The molecule has 1 aromatic rings. The van der Waals surface area contributed by atoms with Crippen molar-refractivity contribution >= 4 is 11.9 Å². The third kappa shape index (κ3) is 3.12. The van der Waals surface area contributed by atoms with Gasteiger partial charge in [0, 0.05) is 19.0 Å². The number of nitrogens with zero attached hydrogens (tertiary/aromatic N) is 1. The number of amides is 1. The molecule has 1 fully saturated rings. The minimum Gasteiger partial charge on any atom is -0.480 e. The smallest absolute Gasteiger partial charge is 0.325 e. The van der Waals surface area contributed by atoms with Gasteiger partial charge in [-0.15, -0.1) is 0 Å². The summed E-state index contributed by atoms with van der Waals surface area (Å²) in [7, 11) is 0. The van der Waals surface area contributed by atoms with Crippen LogP contribution in [0.25, 0.3) is 0 Å². The molecule has 0 radical (unpaired) electrons. The molecule has 2 rings (SSSR count). The molecule has 5 heteroatoms. The highest BCUT2D eigenvalue weighted by Gasteiger charge is 2.32. The number of aliphatic carboxylic acids is 1. The lowest BCUT2D eigenvalue weighted by Crippen LogP contribution is -2.42. The Hall–Kier alpha value is -1.88. The van der Waals surface area contributed by atoms with Gasteiger partial charge in [-0.2, -0.15) is 0 Å². The number of benzene rings is 1. The van der Waals surface area contributed by atoms with E-state index >= 15 is 0 Å². The molecule has 5 nitrogen and oxygen atoms in total. The van der Waals surface area contributed by atoms with Crippen molar-refractivity contribution in [1.82, 2.24) is 4.90 Å². The molecule has 1 aliphatic rings. The first kappa shape index (κ1) is 13.5. The predicted octanol–water partition coefficient (Wildman–Crippen LogP) is 1.01. The van der Waals surface area contributed by atoms with Crippen LogP contribution in [0.15, 0.2) is 30.3 Å². The fourth-order valence-electron chi connectivity index (χ4n) is 2.59. The van der Waals surface area contributed by atoms with E-state index in [9.17, 15) is 14.7 Å². The molecule has 1 aliphatic heterocycles. The molecule has 1 heterocycles. The van der Waals surface area contributed by atoms with Crippen LogP contribution in [0.1, 0.15) is 24.4 Å².